The zero-order chi connectivity index (χ0) is 37.1. The smallest absolute Gasteiger partial charge is 0.0732 e. The molecule has 9 aromatic rings. The maximum absolute atomic E-state index is 2.47. The Balaban J connectivity index is 1.20. The molecule has 0 saturated carbocycles. The molecule has 0 bridgehead atoms. The highest BCUT2D eigenvalue weighted by atomic mass is 15.1. The van der Waals surface area contributed by atoms with Crippen LogP contribution < -0.4 is 4.90 Å². The monoisotopic (exact) mass is 711 g/mol. The van der Waals surface area contributed by atoms with E-state index < -0.39 is 5.41 Å². The molecule has 56 heavy (non-hydrogen) atoms. The molecule has 1 heteroatoms. The van der Waals surface area contributed by atoms with Crippen LogP contribution in [0.2, 0.25) is 0 Å². The van der Waals surface area contributed by atoms with Crippen LogP contribution in [0.15, 0.2) is 224 Å². The van der Waals surface area contributed by atoms with E-state index in [1.807, 2.05) is 0 Å². The SMILES string of the molecule is c1ccc(-c2ccc(N(c3cccc(-c4ccccc4)c3)c3cccc4c3-c3ccccc3C43c4ccccc4-c4cccc(-c5ccccc5)c43)cc2)cc1. The van der Waals surface area contributed by atoms with Gasteiger partial charge in [-0.05, 0) is 103 Å². The molecule has 0 aliphatic heterocycles. The van der Waals surface area contributed by atoms with Crippen molar-refractivity contribution in [2.24, 2.45) is 0 Å². The Morgan fingerprint density at radius 2 is 0.768 bits per heavy atom. The molecule has 0 fully saturated rings. The molecule has 0 heterocycles. The minimum absolute atomic E-state index is 0.505. The normalized spacial score (nSPS) is 14.5. The van der Waals surface area contributed by atoms with Crippen molar-refractivity contribution in [2.45, 2.75) is 5.41 Å². The minimum atomic E-state index is -0.505. The molecular formula is C55H37N. The number of anilines is 3. The molecule has 0 aromatic heterocycles. The summed E-state index contributed by atoms with van der Waals surface area (Å²) >= 11 is 0. The molecule has 1 atom stereocenters. The van der Waals surface area contributed by atoms with Crippen LogP contribution >= 0.6 is 0 Å². The summed E-state index contributed by atoms with van der Waals surface area (Å²) in [5, 5.41) is 0. The summed E-state index contributed by atoms with van der Waals surface area (Å²) in [7, 11) is 0. The second kappa shape index (κ2) is 13.0. The third-order valence-electron chi connectivity index (χ3n) is 11.9. The van der Waals surface area contributed by atoms with Gasteiger partial charge in [0.25, 0.3) is 0 Å². The van der Waals surface area contributed by atoms with Gasteiger partial charge >= 0.3 is 0 Å². The topological polar surface area (TPSA) is 3.24 Å². The van der Waals surface area contributed by atoms with Crippen LogP contribution in [-0.2, 0) is 5.41 Å². The molecule has 2 aliphatic carbocycles. The van der Waals surface area contributed by atoms with Crippen LogP contribution in [0.5, 0.6) is 0 Å². The van der Waals surface area contributed by atoms with Gasteiger partial charge < -0.3 is 4.90 Å². The van der Waals surface area contributed by atoms with Crippen LogP contribution in [0.3, 0.4) is 0 Å². The number of nitrogens with zero attached hydrogens (tertiary/aromatic N) is 1. The van der Waals surface area contributed by atoms with Crippen molar-refractivity contribution < 1.29 is 0 Å². The number of hydrogen-bond donors (Lipinski definition) is 0. The molecule has 0 radical (unpaired) electrons. The fourth-order valence-electron chi connectivity index (χ4n) is 9.59. The van der Waals surface area contributed by atoms with E-state index in [1.165, 1.54) is 77.9 Å². The second-order valence-corrected chi connectivity index (χ2v) is 14.8. The molecule has 0 N–H and O–H groups in total. The standard InChI is InChI=1S/C55H37N/c1-4-17-38(18-5-1)40-33-35-43(36-34-40)56(44-24-14-23-42(37-44)39-19-6-2-7-20-39)52-32-16-31-51-53(52)48-26-11-13-30-50(48)55(51)49-29-12-10-25-46(49)47-28-15-27-45(54(47)55)41-21-8-3-9-22-41/h1-37H. The van der Waals surface area contributed by atoms with Crippen molar-refractivity contribution in [3.05, 3.63) is 247 Å². The van der Waals surface area contributed by atoms with Crippen LogP contribution in [0, 0.1) is 0 Å². The molecule has 1 nitrogen and oxygen atoms in total. The summed E-state index contributed by atoms with van der Waals surface area (Å²) in [5.41, 5.74) is 20.7. The maximum Gasteiger partial charge on any atom is 0.0732 e. The van der Waals surface area contributed by atoms with Crippen molar-refractivity contribution in [3.8, 4) is 55.6 Å². The Hall–Kier alpha value is -7.22. The molecule has 9 aromatic carbocycles. The average molecular weight is 712 g/mol. The molecule has 1 spiro atoms. The lowest BCUT2D eigenvalue weighted by Gasteiger charge is -2.33. The lowest BCUT2D eigenvalue weighted by Crippen LogP contribution is -2.26. The van der Waals surface area contributed by atoms with E-state index in [-0.39, 0.29) is 0 Å². The Kier molecular flexibility index (Phi) is 7.47. The van der Waals surface area contributed by atoms with E-state index in [0.717, 1.165) is 17.1 Å². The fourth-order valence-corrected chi connectivity index (χ4v) is 9.59. The van der Waals surface area contributed by atoms with Crippen molar-refractivity contribution in [1.82, 2.24) is 0 Å². The highest BCUT2D eigenvalue weighted by molar-refractivity contribution is 6.03. The largest absolute Gasteiger partial charge is 0.310 e. The Morgan fingerprint density at radius 1 is 0.286 bits per heavy atom. The van der Waals surface area contributed by atoms with Gasteiger partial charge in [-0.3, -0.25) is 0 Å². The van der Waals surface area contributed by atoms with Gasteiger partial charge in [0.15, 0.2) is 0 Å². The molecule has 11 rings (SSSR count). The molecule has 1 unspecified atom stereocenters. The fraction of sp³-hybridized carbons (Fsp3) is 0.0182. The highest BCUT2D eigenvalue weighted by Crippen LogP contribution is 2.66. The molecule has 0 saturated heterocycles. The number of rotatable bonds is 6. The van der Waals surface area contributed by atoms with Gasteiger partial charge in [-0.25, -0.2) is 0 Å². The Labute approximate surface area is 328 Å². The summed E-state index contributed by atoms with van der Waals surface area (Å²) in [6, 6.07) is 82.4. The number of hydrogen-bond acceptors (Lipinski definition) is 1. The first-order valence-electron chi connectivity index (χ1n) is 19.4. The van der Waals surface area contributed by atoms with Crippen LogP contribution in [0.4, 0.5) is 17.1 Å². The number of fused-ring (bicyclic) bond motifs is 10. The highest BCUT2D eigenvalue weighted by Gasteiger charge is 2.53. The van der Waals surface area contributed by atoms with Gasteiger partial charge in [0.2, 0.25) is 0 Å². The van der Waals surface area contributed by atoms with Gasteiger partial charge in [0.1, 0.15) is 0 Å². The summed E-state index contributed by atoms with van der Waals surface area (Å²) < 4.78 is 0. The lowest BCUT2D eigenvalue weighted by molar-refractivity contribution is 0.795. The molecular weight excluding hydrogens is 675 g/mol. The van der Waals surface area contributed by atoms with Crippen molar-refractivity contribution in [3.63, 3.8) is 0 Å². The zero-order valence-corrected chi connectivity index (χ0v) is 30.8. The summed E-state index contributed by atoms with van der Waals surface area (Å²) in [6.07, 6.45) is 0. The minimum Gasteiger partial charge on any atom is -0.310 e. The van der Waals surface area contributed by atoms with Crippen molar-refractivity contribution >= 4 is 17.1 Å². The number of benzene rings is 9. The van der Waals surface area contributed by atoms with Gasteiger partial charge in [-0.1, -0.05) is 194 Å². The quantitative estimate of drug-likeness (QED) is 0.166. The molecule has 0 amide bonds. The van der Waals surface area contributed by atoms with Crippen molar-refractivity contribution in [2.75, 3.05) is 4.90 Å². The van der Waals surface area contributed by atoms with Gasteiger partial charge in [-0.15, -0.1) is 0 Å². The predicted molar refractivity (Wildman–Crippen MR) is 234 cm³/mol. The van der Waals surface area contributed by atoms with E-state index in [4.69, 9.17) is 0 Å². The van der Waals surface area contributed by atoms with Crippen LogP contribution in [0.1, 0.15) is 22.3 Å². The predicted octanol–water partition coefficient (Wildman–Crippen LogP) is 14.5. The van der Waals surface area contributed by atoms with E-state index in [9.17, 15) is 0 Å². The lowest BCUT2D eigenvalue weighted by atomic mass is 9.68. The molecule has 2 aliphatic rings. The Morgan fingerprint density at radius 3 is 1.48 bits per heavy atom. The van der Waals surface area contributed by atoms with E-state index in [0.29, 0.717) is 0 Å². The van der Waals surface area contributed by atoms with Crippen LogP contribution in [0.25, 0.3) is 55.6 Å². The first-order chi connectivity index (χ1) is 27.8. The summed E-state index contributed by atoms with van der Waals surface area (Å²) in [5.74, 6) is 0. The van der Waals surface area contributed by atoms with Crippen LogP contribution in [-0.4, -0.2) is 0 Å². The zero-order valence-electron chi connectivity index (χ0n) is 30.8. The summed E-state index contributed by atoms with van der Waals surface area (Å²) in [6.45, 7) is 0. The third kappa shape index (κ3) is 4.81. The molecule has 262 valence electrons. The first-order valence-corrected chi connectivity index (χ1v) is 19.4. The van der Waals surface area contributed by atoms with E-state index in [1.54, 1.807) is 0 Å². The van der Waals surface area contributed by atoms with E-state index in [2.05, 4.69) is 229 Å². The van der Waals surface area contributed by atoms with Crippen molar-refractivity contribution in [1.29, 1.82) is 0 Å². The Bertz CT molecular complexity index is 2890. The second-order valence-electron chi connectivity index (χ2n) is 14.8. The van der Waals surface area contributed by atoms with Gasteiger partial charge in [0.05, 0.1) is 11.1 Å². The maximum atomic E-state index is 2.47. The van der Waals surface area contributed by atoms with E-state index >= 15 is 0 Å². The average Bonchev–Trinajstić information content (AvgIpc) is 3.76. The third-order valence-corrected chi connectivity index (χ3v) is 11.9. The summed E-state index contributed by atoms with van der Waals surface area (Å²) in [4.78, 5) is 2.47. The van der Waals surface area contributed by atoms with Gasteiger partial charge in [-0.2, -0.15) is 0 Å². The first kappa shape index (κ1) is 32.2. The van der Waals surface area contributed by atoms with Gasteiger partial charge in [0, 0.05) is 16.9 Å².